The normalized spacial score (nSPS) is 14.2. The number of carboxylic acid groups (broad SMARTS) is 1. The minimum atomic E-state index is -1.76. The van der Waals surface area contributed by atoms with E-state index >= 15 is 0 Å². The van der Waals surface area contributed by atoms with Gasteiger partial charge in [-0.05, 0) is 26.3 Å². The molecule has 6 heteroatoms. The van der Waals surface area contributed by atoms with Gasteiger partial charge in [-0.2, -0.15) is 0 Å². The molecule has 0 fully saturated rings. The van der Waals surface area contributed by atoms with Crippen molar-refractivity contribution in [2.24, 2.45) is 0 Å². The fourth-order valence-corrected chi connectivity index (χ4v) is 1.58. The largest absolute Gasteiger partial charge is 0.479 e. The van der Waals surface area contributed by atoms with Gasteiger partial charge >= 0.3 is 12.1 Å². The van der Waals surface area contributed by atoms with Crippen LogP contribution in [0.1, 0.15) is 32.4 Å². The molecule has 0 saturated heterocycles. The minimum absolute atomic E-state index is 0.480. The van der Waals surface area contributed by atoms with Gasteiger partial charge in [-0.3, -0.25) is 0 Å². The summed E-state index contributed by atoms with van der Waals surface area (Å²) < 4.78 is 5.07. The van der Waals surface area contributed by atoms with E-state index in [1.165, 1.54) is 0 Å². The Balaban J connectivity index is 2.90. The first-order valence-corrected chi connectivity index (χ1v) is 6.16. The fraction of sp³-hybridized carbons (Fsp3) is 0.429. The van der Waals surface area contributed by atoms with E-state index in [-0.39, 0.29) is 0 Å². The Morgan fingerprint density at radius 3 is 2.20 bits per heavy atom. The number of aliphatic hydroxyl groups excluding tert-OH is 1. The number of hydrogen-bond acceptors (Lipinski definition) is 4. The maximum atomic E-state index is 11.7. The molecule has 1 aromatic rings. The molecule has 110 valence electrons. The molecular weight excluding hydrogens is 262 g/mol. The lowest BCUT2D eigenvalue weighted by atomic mass is 10.0. The summed E-state index contributed by atoms with van der Waals surface area (Å²) in [5.41, 5.74) is -0.229. The molecule has 6 nitrogen and oxygen atoms in total. The second-order valence-corrected chi connectivity index (χ2v) is 5.32. The van der Waals surface area contributed by atoms with E-state index in [4.69, 9.17) is 9.84 Å². The van der Waals surface area contributed by atoms with Crippen LogP contribution in [-0.2, 0) is 9.53 Å². The summed E-state index contributed by atoms with van der Waals surface area (Å²) in [5, 5.41) is 21.0. The molecule has 1 amide bonds. The summed E-state index contributed by atoms with van der Waals surface area (Å²) in [6.45, 7) is 5.08. The highest BCUT2D eigenvalue weighted by Crippen LogP contribution is 2.18. The fourth-order valence-electron chi connectivity index (χ4n) is 1.58. The van der Waals surface area contributed by atoms with E-state index in [0.29, 0.717) is 5.56 Å². The summed E-state index contributed by atoms with van der Waals surface area (Å²) in [4.78, 5) is 22.7. The molecule has 3 N–H and O–H groups in total. The Morgan fingerprint density at radius 1 is 1.20 bits per heavy atom. The monoisotopic (exact) mass is 281 g/mol. The zero-order chi connectivity index (χ0) is 15.3. The number of rotatable bonds is 4. The number of hydrogen-bond donors (Lipinski definition) is 3. The number of nitrogens with one attached hydrogen (secondary N) is 1. The third-order valence-corrected chi connectivity index (χ3v) is 2.40. The van der Waals surface area contributed by atoms with E-state index in [1.807, 2.05) is 0 Å². The summed E-state index contributed by atoms with van der Waals surface area (Å²) in [5.74, 6) is -1.42. The number of ether oxygens (including phenoxy) is 1. The van der Waals surface area contributed by atoms with Gasteiger partial charge in [0.15, 0.2) is 6.10 Å². The van der Waals surface area contributed by atoms with E-state index in [1.54, 1.807) is 51.1 Å². The molecule has 0 aliphatic carbocycles. The van der Waals surface area contributed by atoms with Gasteiger partial charge < -0.3 is 20.3 Å². The minimum Gasteiger partial charge on any atom is -0.479 e. The molecule has 2 atom stereocenters. The van der Waals surface area contributed by atoms with Crippen LogP contribution in [0, 0.1) is 0 Å². The highest BCUT2D eigenvalue weighted by molar-refractivity contribution is 5.75. The summed E-state index contributed by atoms with van der Waals surface area (Å²) in [7, 11) is 0. The lowest BCUT2D eigenvalue weighted by Gasteiger charge is -2.25. The van der Waals surface area contributed by atoms with Crippen LogP contribution in [0.15, 0.2) is 30.3 Å². The number of carbonyl (C=O) groups excluding carboxylic acids is 1. The van der Waals surface area contributed by atoms with E-state index in [0.717, 1.165) is 0 Å². The zero-order valence-corrected chi connectivity index (χ0v) is 11.7. The second-order valence-electron chi connectivity index (χ2n) is 5.32. The highest BCUT2D eigenvalue weighted by atomic mass is 16.6. The quantitative estimate of drug-likeness (QED) is 0.780. The Kier molecular flexibility index (Phi) is 5.10. The molecule has 0 aromatic heterocycles. The number of carbonyl (C=O) groups is 2. The molecule has 0 heterocycles. The summed E-state index contributed by atoms with van der Waals surface area (Å²) >= 11 is 0. The SMILES string of the molecule is CC(C)(C)OC(=O)NC(c1ccccc1)[C@H](O)C(=O)O. The average molecular weight is 281 g/mol. The summed E-state index contributed by atoms with van der Waals surface area (Å²) in [6.07, 6.45) is -2.54. The number of benzene rings is 1. The van der Waals surface area contributed by atoms with Crippen LogP contribution in [0.2, 0.25) is 0 Å². The van der Waals surface area contributed by atoms with Gasteiger partial charge in [-0.1, -0.05) is 30.3 Å². The molecule has 1 unspecified atom stereocenters. The molecule has 0 radical (unpaired) electrons. The van der Waals surface area contributed by atoms with Crippen LogP contribution in [0.4, 0.5) is 4.79 Å². The van der Waals surface area contributed by atoms with Crippen molar-refractivity contribution in [3.63, 3.8) is 0 Å². The van der Waals surface area contributed by atoms with Gasteiger partial charge in [0.2, 0.25) is 0 Å². The van der Waals surface area contributed by atoms with Crippen molar-refractivity contribution >= 4 is 12.1 Å². The van der Waals surface area contributed by atoms with Crippen LogP contribution in [0.25, 0.3) is 0 Å². The highest BCUT2D eigenvalue weighted by Gasteiger charge is 2.30. The number of alkyl carbamates (subject to hydrolysis) is 1. The van der Waals surface area contributed by atoms with Crippen molar-refractivity contribution in [3.8, 4) is 0 Å². The first-order chi connectivity index (χ1) is 9.20. The molecule has 0 spiro atoms. The van der Waals surface area contributed by atoms with Crippen molar-refractivity contribution in [2.75, 3.05) is 0 Å². The van der Waals surface area contributed by atoms with Crippen LogP contribution >= 0.6 is 0 Å². The maximum Gasteiger partial charge on any atom is 0.408 e. The van der Waals surface area contributed by atoms with Crippen LogP contribution in [0.3, 0.4) is 0 Å². The average Bonchev–Trinajstić information content (AvgIpc) is 2.34. The Hall–Kier alpha value is -2.08. The van der Waals surface area contributed by atoms with Gasteiger partial charge in [-0.25, -0.2) is 9.59 Å². The first-order valence-electron chi connectivity index (χ1n) is 6.16. The van der Waals surface area contributed by atoms with Crippen molar-refractivity contribution in [1.29, 1.82) is 0 Å². The molecule has 0 bridgehead atoms. The predicted molar refractivity (Wildman–Crippen MR) is 72.2 cm³/mol. The van der Waals surface area contributed by atoms with Gasteiger partial charge in [0, 0.05) is 0 Å². The van der Waals surface area contributed by atoms with Crippen LogP contribution < -0.4 is 5.32 Å². The molecule has 0 aliphatic heterocycles. The zero-order valence-electron chi connectivity index (χ0n) is 11.7. The molecule has 20 heavy (non-hydrogen) atoms. The lowest BCUT2D eigenvalue weighted by molar-refractivity contribution is -0.148. The summed E-state index contributed by atoms with van der Waals surface area (Å²) in [6, 6.07) is 7.29. The van der Waals surface area contributed by atoms with Gasteiger partial charge in [0.25, 0.3) is 0 Å². The molecule has 1 aromatic carbocycles. The van der Waals surface area contributed by atoms with Gasteiger partial charge in [0.1, 0.15) is 5.60 Å². The Morgan fingerprint density at radius 2 is 1.75 bits per heavy atom. The van der Waals surface area contributed by atoms with Gasteiger partial charge in [0.05, 0.1) is 6.04 Å². The van der Waals surface area contributed by atoms with Crippen molar-refractivity contribution in [1.82, 2.24) is 5.32 Å². The number of aliphatic hydroxyl groups is 1. The second kappa shape index (κ2) is 6.38. The number of amides is 1. The maximum absolute atomic E-state index is 11.7. The van der Waals surface area contributed by atoms with E-state index in [9.17, 15) is 14.7 Å². The van der Waals surface area contributed by atoms with Crippen molar-refractivity contribution in [3.05, 3.63) is 35.9 Å². The predicted octanol–water partition coefficient (Wildman–Crippen LogP) is 1.70. The van der Waals surface area contributed by atoms with Crippen molar-refractivity contribution < 1.29 is 24.5 Å². The van der Waals surface area contributed by atoms with Crippen molar-refractivity contribution in [2.45, 2.75) is 38.5 Å². The first kappa shape index (κ1) is 16.0. The number of carboxylic acids is 1. The molecule has 0 aliphatic rings. The smallest absolute Gasteiger partial charge is 0.408 e. The lowest BCUT2D eigenvalue weighted by Crippen LogP contribution is -2.42. The van der Waals surface area contributed by atoms with Crippen LogP contribution in [0.5, 0.6) is 0 Å². The van der Waals surface area contributed by atoms with Crippen LogP contribution in [-0.4, -0.2) is 34.0 Å². The van der Waals surface area contributed by atoms with E-state index < -0.39 is 29.8 Å². The topological polar surface area (TPSA) is 95.9 Å². The van der Waals surface area contributed by atoms with Gasteiger partial charge in [-0.15, -0.1) is 0 Å². The molecule has 1 rings (SSSR count). The molecular formula is C14H19NO5. The number of aliphatic carboxylic acids is 1. The third-order valence-electron chi connectivity index (χ3n) is 2.40. The Labute approximate surface area is 117 Å². The standard InChI is InChI=1S/C14H19NO5/c1-14(2,3)20-13(19)15-10(11(16)12(17)18)9-7-5-4-6-8-9/h4-8,10-11,16H,1-3H3,(H,15,19)(H,17,18)/t10?,11-/m0/s1. The van der Waals surface area contributed by atoms with E-state index in [2.05, 4.69) is 5.32 Å². The molecule has 0 saturated carbocycles. The third kappa shape index (κ3) is 4.89. The Bertz CT molecular complexity index is 466.